The first-order chi connectivity index (χ1) is 7.11. The third-order valence-electron chi connectivity index (χ3n) is 1.80. The fourth-order valence-electron chi connectivity index (χ4n) is 1.04. The van der Waals surface area contributed by atoms with Gasteiger partial charge in [-0.3, -0.25) is 10.2 Å². The van der Waals surface area contributed by atoms with Gasteiger partial charge in [0.2, 0.25) is 0 Å². The maximum atomic E-state index is 11.1. The molecule has 0 aliphatic heterocycles. The normalized spacial score (nSPS) is 12.9. The number of hydrazine groups is 1. The first-order valence-electron chi connectivity index (χ1n) is 5.31. The summed E-state index contributed by atoms with van der Waals surface area (Å²) in [4.78, 5) is 11.1. The molecule has 0 rings (SSSR count). The lowest BCUT2D eigenvalue weighted by atomic mass is 10.2. The van der Waals surface area contributed by atoms with E-state index in [0.717, 1.165) is 0 Å². The van der Waals surface area contributed by atoms with Gasteiger partial charge in [0, 0.05) is 6.61 Å². The van der Waals surface area contributed by atoms with Crippen molar-refractivity contribution in [1.82, 2.24) is 5.43 Å². The summed E-state index contributed by atoms with van der Waals surface area (Å²) in [6, 6.07) is 0. The van der Waals surface area contributed by atoms with Crippen LogP contribution in [0.25, 0.3) is 0 Å². The second-order valence-corrected chi connectivity index (χ2v) is 3.75. The summed E-state index contributed by atoms with van der Waals surface area (Å²) in [7, 11) is 0. The summed E-state index contributed by atoms with van der Waals surface area (Å²) >= 11 is 0. The molecule has 0 bridgehead atoms. The van der Waals surface area contributed by atoms with Crippen LogP contribution in [0.5, 0.6) is 0 Å². The van der Waals surface area contributed by atoms with E-state index in [-0.39, 0.29) is 5.91 Å². The van der Waals surface area contributed by atoms with Crippen molar-refractivity contribution in [2.24, 2.45) is 11.8 Å². The molecule has 0 aromatic heterocycles. The second kappa shape index (κ2) is 8.64. The molecular weight excluding hydrogens is 196 g/mol. The lowest BCUT2D eigenvalue weighted by Gasteiger charge is -2.14. The zero-order valence-corrected chi connectivity index (χ0v) is 9.79. The highest BCUT2D eigenvalue weighted by molar-refractivity contribution is 5.79. The molecule has 0 aromatic rings. The van der Waals surface area contributed by atoms with Gasteiger partial charge in [-0.1, -0.05) is 20.8 Å². The molecule has 5 nitrogen and oxygen atoms in total. The van der Waals surface area contributed by atoms with Crippen LogP contribution in [-0.2, 0) is 14.3 Å². The molecular formula is C10H22N2O3. The van der Waals surface area contributed by atoms with E-state index in [9.17, 15) is 4.79 Å². The van der Waals surface area contributed by atoms with E-state index in [2.05, 4.69) is 19.3 Å². The Hall–Kier alpha value is -0.650. The van der Waals surface area contributed by atoms with Crippen molar-refractivity contribution in [2.45, 2.75) is 33.3 Å². The number of carbonyl (C=O) groups excluding carboxylic acids is 1. The van der Waals surface area contributed by atoms with Crippen LogP contribution in [0.2, 0.25) is 0 Å². The average molecular weight is 218 g/mol. The van der Waals surface area contributed by atoms with Crippen molar-refractivity contribution in [3.63, 3.8) is 0 Å². The summed E-state index contributed by atoms with van der Waals surface area (Å²) in [5.41, 5.74) is 2.07. The third-order valence-corrected chi connectivity index (χ3v) is 1.80. The number of nitrogens with two attached hydrogens (primary N) is 1. The summed E-state index contributed by atoms with van der Waals surface area (Å²) in [5, 5.41) is 0. The molecule has 90 valence electrons. The topological polar surface area (TPSA) is 73.6 Å². The summed E-state index contributed by atoms with van der Waals surface area (Å²) in [6.07, 6.45) is 0.130. The Morgan fingerprint density at radius 3 is 2.53 bits per heavy atom. The molecule has 0 saturated heterocycles. The van der Waals surface area contributed by atoms with E-state index in [1.807, 2.05) is 6.92 Å². The van der Waals surface area contributed by atoms with Crippen LogP contribution < -0.4 is 11.3 Å². The lowest BCUT2D eigenvalue weighted by Crippen LogP contribution is -2.40. The molecule has 1 unspecified atom stereocenters. The maximum absolute atomic E-state index is 11.1. The van der Waals surface area contributed by atoms with Crippen molar-refractivity contribution in [2.75, 3.05) is 19.8 Å². The van der Waals surface area contributed by atoms with Crippen LogP contribution in [0.4, 0.5) is 0 Å². The summed E-state index contributed by atoms with van der Waals surface area (Å²) < 4.78 is 10.6. The Morgan fingerprint density at radius 2 is 2.07 bits per heavy atom. The quantitative estimate of drug-likeness (QED) is 0.268. The van der Waals surface area contributed by atoms with Gasteiger partial charge in [0.25, 0.3) is 5.91 Å². The van der Waals surface area contributed by atoms with Crippen LogP contribution in [0.3, 0.4) is 0 Å². The van der Waals surface area contributed by atoms with Gasteiger partial charge in [-0.15, -0.1) is 0 Å². The number of ether oxygens (including phenoxy) is 2. The molecule has 0 saturated carbocycles. The predicted octanol–water partition coefficient (Wildman–Crippen LogP) is 0.444. The number of rotatable bonds is 8. The minimum Gasteiger partial charge on any atom is -0.379 e. The average Bonchev–Trinajstić information content (AvgIpc) is 2.22. The fourth-order valence-corrected chi connectivity index (χ4v) is 1.04. The number of carbonyl (C=O) groups is 1. The van der Waals surface area contributed by atoms with Crippen LogP contribution in [0, 0.1) is 5.92 Å². The molecule has 0 aliphatic rings. The van der Waals surface area contributed by atoms with Crippen molar-refractivity contribution in [1.29, 1.82) is 0 Å². The number of hydrogen-bond acceptors (Lipinski definition) is 4. The van der Waals surface area contributed by atoms with Crippen molar-refractivity contribution >= 4 is 5.91 Å². The van der Waals surface area contributed by atoms with Gasteiger partial charge in [-0.25, -0.2) is 5.84 Å². The number of nitrogens with one attached hydrogen (secondary N) is 1. The molecule has 0 heterocycles. The Balaban J connectivity index is 3.51. The SMILES string of the molecule is CCC(OCCOCC(C)C)C(=O)NN. The first kappa shape index (κ1) is 14.3. The predicted molar refractivity (Wildman–Crippen MR) is 58.0 cm³/mol. The van der Waals surface area contributed by atoms with Crippen molar-refractivity contribution in [3.05, 3.63) is 0 Å². The van der Waals surface area contributed by atoms with E-state index in [4.69, 9.17) is 15.3 Å². The standard InChI is InChI=1S/C10H22N2O3/c1-4-9(10(13)12-11)15-6-5-14-7-8(2)3/h8-9H,4-7,11H2,1-3H3,(H,12,13). The van der Waals surface area contributed by atoms with E-state index in [0.29, 0.717) is 32.2 Å². The Kier molecular flexibility index (Phi) is 8.27. The van der Waals surface area contributed by atoms with Gasteiger partial charge < -0.3 is 9.47 Å². The van der Waals surface area contributed by atoms with Gasteiger partial charge in [0.1, 0.15) is 6.10 Å². The van der Waals surface area contributed by atoms with Gasteiger partial charge in [-0.05, 0) is 12.3 Å². The van der Waals surface area contributed by atoms with Gasteiger partial charge in [0.15, 0.2) is 0 Å². The molecule has 0 aliphatic carbocycles. The zero-order chi connectivity index (χ0) is 11.7. The first-order valence-corrected chi connectivity index (χ1v) is 5.31. The third kappa shape index (κ3) is 7.30. The van der Waals surface area contributed by atoms with Crippen LogP contribution >= 0.6 is 0 Å². The van der Waals surface area contributed by atoms with Crippen molar-refractivity contribution in [3.8, 4) is 0 Å². The minimum absolute atomic E-state index is 0.290. The monoisotopic (exact) mass is 218 g/mol. The fraction of sp³-hybridized carbons (Fsp3) is 0.900. The van der Waals surface area contributed by atoms with Gasteiger partial charge in [-0.2, -0.15) is 0 Å². The van der Waals surface area contributed by atoms with E-state index in [1.165, 1.54) is 0 Å². The Bertz CT molecular complexity index is 174. The van der Waals surface area contributed by atoms with Crippen molar-refractivity contribution < 1.29 is 14.3 Å². The largest absolute Gasteiger partial charge is 0.379 e. The number of hydrogen-bond donors (Lipinski definition) is 2. The summed E-state index contributed by atoms with van der Waals surface area (Å²) in [5.74, 6) is 5.23. The highest BCUT2D eigenvalue weighted by atomic mass is 16.5. The van der Waals surface area contributed by atoms with Crippen LogP contribution in [-0.4, -0.2) is 31.8 Å². The highest BCUT2D eigenvalue weighted by Crippen LogP contribution is 1.98. The molecule has 5 heteroatoms. The Labute approximate surface area is 91.3 Å². The van der Waals surface area contributed by atoms with E-state index < -0.39 is 6.10 Å². The summed E-state index contributed by atoms with van der Waals surface area (Å²) in [6.45, 7) is 7.67. The lowest BCUT2D eigenvalue weighted by molar-refractivity contribution is -0.134. The van der Waals surface area contributed by atoms with Gasteiger partial charge in [0.05, 0.1) is 13.2 Å². The van der Waals surface area contributed by atoms with Crippen LogP contribution in [0.1, 0.15) is 27.2 Å². The van der Waals surface area contributed by atoms with E-state index in [1.54, 1.807) is 0 Å². The molecule has 15 heavy (non-hydrogen) atoms. The maximum Gasteiger partial charge on any atom is 0.262 e. The van der Waals surface area contributed by atoms with Gasteiger partial charge >= 0.3 is 0 Å². The molecule has 0 spiro atoms. The minimum atomic E-state index is -0.474. The molecule has 0 fully saturated rings. The smallest absolute Gasteiger partial charge is 0.262 e. The number of amides is 1. The Morgan fingerprint density at radius 1 is 1.40 bits per heavy atom. The highest BCUT2D eigenvalue weighted by Gasteiger charge is 2.14. The molecule has 3 N–H and O–H groups in total. The molecule has 1 atom stereocenters. The second-order valence-electron chi connectivity index (χ2n) is 3.75. The molecule has 0 radical (unpaired) electrons. The molecule has 0 aromatic carbocycles. The van der Waals surface area contributed by atoms with Crippen LogP contribution in [0.15, 0.2) is 0 Å². The molecule has 1 amide bonds. The zero-order valence-electron chi connectivity index (χ0n) is 9.79. The van der Waals surface area contributed by atoms with E-state index >= 15 is 0 Å².